The molecule has 0 aromatic carbocycles. The van der Waals surface area contributed by atoms with Gasteiger partial charge in [0, 0.05) is 23.4 Å². The van der Waals surface area contributed by atoms with Crippen LogP contribution in [0.15, 0.2) is 42.7 Å². The van der Waals surface area contributed by atoms with Crippen molar-refractivity contribution in [3.8, 4) is 22.5 Å². The van der Waals surface area contributed by atoms with E-state index in [1.807, 2.05) is 0 Å². The maximum atomic E-state index is 10.7. The molecule has 0 saturated carbocycles. The number of hydrogen-bond donors (Lipinski definition) is 2. The zero-order valence-electron chi connectivity index (χ0n) is 10.7. The molecule has 0 aliphatic carbocycles. The number of nitrogen functional groups attached to an aromatic ring is 1. The molecule has 3 aromatic rings. The van der Waals surface area contributed by atoms with Gasteiger partial charge in [-0.15, -0.1) is 0 Å². The summed E-state index contributed by atoms with van der Waals surface area (Å²) in [5.41, 5.74) is 8.43. The number of aromatic nitrogens is 4. The summed E-state index contributed by atoms with van der Waals surface area (Å²) >= 11 is 0. The highest BCUT2D eigenvalue weighted by Crippen LogP contribution is 2.25. The molecule has 0 radical (unpaired) electrons. The van der Waals surface area contributed by atoms with Gasteiger partial charge < -0.3 is 15.8 Å². The van der Waals surface area contributed by atoms with E-state index in [0.717, 1.165) is 11.3 Å². The molecule has 3 aromatic heterocycles. The first-order valence-corrected chi connectivity index (χ1v) is 6.01. The number of pyridine rings is 2. The number of H-pyrrole nitrogens is 1. The second-order valence-corrected chi connectivity index (χ2v) is 4.30. The minimum Gasteiger partial charge on any atom is -0.384 e. The van der Waals surface area contributed by atoms with Gasteiger partial charge in [-0.2, -0.15) is 5.10 Å². The molecule has 0 fully saturated rings. The SMILES string of the molecule is Nc1cc(-c2cc(-c3ccnc([N+](=O)[O-])c3)n[nH]2)ccn1. The van der Waals surface area contributed by atoms with Gasteiger partial charge in [-0.25, -0.2) is 4.98 Å². The largest absolute Gasteiger partial charge is 0.384 e. The van der Waals surface area contributed by atoms with Gasteiger partial charge in [0.25, 0.3) is 0 Å². The number of nitro groups is 1. The molecule has 0 saturated heterocycles. The molecule has 0 unspecified atom stereocenters. The number of nitrogens with zero attached hydrogens (tertiary/aromatic N) is 4. The number of rotatable bonds is 3. The Morgan fingerprint density at radius 3 is 2.62 bits per heavy atom. The molecular weight excluding hydrogens is 272 g/mol. The van der Waals surface area contributed by atoms with Crippen LogP contribution >= 0.6 is 0 Å². The molecular formula is C13H10N6O2. The lowest BCUT2D eigenvalue weighted by molar-refractivity contribution is -0.389. The summed E-state index contributed by atoms with van der Waals surface area (Å²) in [6, 6.07) is 8.33. The van der Waals surface area contributed by atoms with E-state index in [1.54, 1.807) is 30.5 Å². The van der Waals surface area contributed by atoms with Crippen LogP contribution < -0.4 is 5.73 Å². The third-order valence-corrected chi connectivity index (χ3v) is 2.90. The first-order valence-electron chi connectivity index (χ1n) is 6.01. The standard InChI is InChI=1S/C13H10N6O2/c14-12-5-8(1-3-15-12)10-7-11(18-17-10)9-2-4-16-13(6-9)19(20)21/h1-7H,(H2,14,15)(H,17,18). The fraction of sp³-hybridized carbons (Fsp3) is 0. The van der Waals surface area contributed by atoms with Crippen LogP contribution in [0.25, 0.3) is 22.5 Å². The van der Waals surface area contributed by atoms with E-state index in [1.165, 1.54) is 12.3 Å². The molecule has 3 rings (SSSR count). The van der Waals surface area contributed by atoms with Crippen molar-refractivity contribution in [1.29, 1.82) is 0 Å². The Morgan fingerprint density at radius 1 is 1.10 bits per heavy atom. The van der Waals surface area contributed by atoms with Crippen molar-refractivity contribution in [2.24, 2.45) is 0 Å². The van der Waals surface area contributed by atoms with E-state index in [-0.39, 0.29) is 5.82 Å². The van der Waals surface area contributed by atoms with Crippen molar-refractivity contribution in [1.82, 2.24) is 20.2 Å². The molecule has 3 heterocycles. The normalized spacial score (nSPS) is 10.5. The van der Waals surface area contributed by atoms with E-state index < -0.39 is 4.92 Å². The molecule has 8 heteroatoms. The summed E-state index contributed by atoms with van der Waals surface area (Å²) in [6.45, 7) is 0. The molecule has 0 atom stereocenters. The van der Waals surface area contributed by atoms with E-state index in [0.29, 0.717) is 17.1 Å². The summed E-state index contributed by atoms with van der Waals surface area (Å²) in [5, 5.41) is 17.8. The lowest BCUT2D eigenvalue weighted by Crippen LogP contribution is -1.91. The predicted molar refractivity (Wildman–Crippen MR) is 76.1 cm³/mol. The molecule has 0 spiro atoms. The summed E-state index contributed by atoms with van der Waals surface area (Å²) in [7, 11) is 0. The third kappa shape index (κ3) is 2.54. The van der Waals surface area contributed by atoms with E-state index >= 15 is 0 Å². The average Bonchev–Trinajstić information content (AvgIpc) is 2.97. The molecule has 8 nitrogen and oxygen atoms in total. The van der Waals surface area contributed by atoms with Crippen LogP contribution in [0, 0.1) is 10.1 Å². The van der Waals surface area contributed by atoms with Crippen molar-refractivity contribution in [2.75, 3.05) is 5.73 Å². The molecule has 0 aliphatic rings. The lowest BCUT2D eigenvalue weighted by atomic mass is 10.1. The fourth-order valence-corrected chi connectivity index (χ4v) is 1.91. The molecule has 0 amide bonds. The van der Waals surface area contributed by atoms with Gasteiger partial charge in [0.2, 0.25) is 0 Å². The molecule has 0 aliphatic heterocycles. The fourth-order valence-electron chi connectivity index (χ4n) is 1.91. The first-order chi connectivity index (χ1) is 10.1. The summed E-state index contributed by atoms with van der Waals surface area (Å²) in [5.74, 6) is 0.188. The smallest absolute Gasteiger partial charge is 0.364 e. The van der Waals surface area contributed by atoms with Gasteiger partial charge in [0.15, 0.2) is 0 Å². The predicted octanol–water partition coefficient (Wildman–Crippen LogP) is 2.02. The number of anilines is 1. The Balaban J connectivity index is 1.98. The average molecular weight is 282 g/mol. The highest BCUT2D eigenvalue weighted by atomic mass is 16.6. The molecule has 0 bridgehead atoms. The number of hydrogen-bond acceptors (Lipinski definition) is 6. The maximum Gasteiger partial charge on any atom is 0.364 e. The third-order valence-electron chi connectivity index (χ3n) is 2.90. The minimum atomic E-state index is -0.541. The van der Waals surface area contributed by atoms with Crippen LogP contribution in [-0.4, -0.2) is 25.1 Å². The Kier molecular flexibility index (Phi) is 3.03. The van der Waals surface area contributed by atoms with Gasteiger partial charge in [-0.05, 0) is 34.2 Å². The molecule has 3 N–H and O–H groups in total. The number of aromatic amines is 1. The van der Waals surface area contributed by atoms with Crippen molar-refractivity contribution in [2.45, 2.75) is 0 Å². The minimum absolute atomic E-state index is 0.217. The number of nitrogens with two attached hydrogens (primary N) is 1. The van der Waals surface area contributed by atoms with Gasteiger partial charge in [-0.3, -0.25) is 5.10 Å². The summed E-state index contributed by atoms with van der Waals surface area (Å²) in [4.78, 5) is 17.8. The zero-order chi connectivity index (χ0) is 14.8. The number of nitrogens with one attached hydrogen (secondary N) is 1. The topological polar surface area (TPSA) is 124 Å². The van der Waals surface area contributed by atoms with Crippen LogP contribution in [0.5, 0.6) is 0 Å². The van der Waals surface area contributed by atoms with Gasteiger partial charge in [0.1, 0.15) is 12.0 Å². The monoisotopic (exact) mass is 282 g/mol. The van der Waals surface area contributed by atoms with Gasteiger partial charge in [-0.1, -0.05) is 0 Å². The Labute approximate surface area is 118 Å². The highest BCUT2D eigenvalue weighted by molar-refractivity contribution is 5.69. The van der Waals surface area contributed by atoms with E-state index in [4.69, 9.17) is 5.73 Å². The van der Waals surface area contributed by atoms with Crippen LogP contribution in [0.1, 0.15) is 0 Å². The summed E-state index contributed by atoms with van der Waals surface area (Å²) < 4.78 is 0. The highest BCUT2D eigenvalue weighted by Gasteiger charge is 2.12. The van der Waals surface area contributed by atoms with Crippen LogP contribution in [0.3, 0.4) is 0 Å². The van der Waals surface area contributed by atoms with Crippen LogP contribution in [0.2, 0.25) is 0 Å². The second-order valence-electron chi connectivity index (χ2n) is 4.30. The van der Waals surface area contributed by atoms with Gasteiger partial charge in [0.05, 0.1) is 11.4 Å². The Morgan fingerprint density at radius 2 is 1.86 bits per heavy atom. The first kappa shape index (κ1) is 12.7. The van der Waals surface area contributed by atoms with E-state index in [2.05, 4.69) is 20.2 Å². The van der Waals surface area contributed by atoms with E-state index in [9.17, 15) is 10.1 Å². The van der Waals surface area contributed by atoms with Crippen LogP contribution in [0.4, 0.5) is 11.6 Å². The molecule has 104 valence electrons. The quantitative estimate of drug-likeness (QED) is 0.559. The second kappa shape index (κ2) is 5.00. The van der Waals surface area contributed by atoms with Crippen LogP contribution in [-0.2, 0) is 0 Å². The lowest BCUT2D eigenvalue weighted by Gasteiger charge is -1.97. The molecule has 21 heavy (non-hydrogen) atoms. The zero-order valence-corrected chi connectivity index (χ0v) is 10.7. The van der Waals surface area contributed by atoms with Crippen molar-refractivity contribution < 1.29 is 4.92 Å². The van der Waals surface area contributed by atoms with Crippen molar-refractivity contribution in [3.63, 3.8) is 0 Å². The van der Waals surface area contributed by atoms with Gasteiger partial charge >= 0.3 is 5.82 Å². The summed E-state index contributed by atoms with van der Waals surface area (Å²) in [6.07, 6.45) is 2.98. The van der Waals surface area contributed by atoms with Crippen molar-refractivity contribution >= 4 is 11.6 Å². The van der Waals surface area contributed by atoms with Crippen molar-refractivity contribution in [3.05, 3.63) is 52.8 Å². The Bertz CT molecular complexity index is 814. The Hall–Kier alpha value is -3.29. The maximum absolute atomic E-state index is 10.7.